The Kier molecular flexibility index (Phi) is 4.20. The third kappa shape index (κ3) is 3.08. The van der Waals surface area contributed by atoms with E-state index in [0.717, 1.165) is 24.2 Å². The van der Waals surface area contributed by atoms with E-state index in [4.69, 9.17) is 0 Å². The lowest BCUT2D eigenvalue weighted by molar-refractivity contribution is -0.143. The van der Waals surface area contributed by atoms with Crippen LogP contribution in [0.3, 0.4) is 0 Å². The van der Waals surface area contributed by atoms with Crippen molar-refractivity contribution >= 4 is 29.8 Å². The normalized spacial score (nSPS) is 34.4. The zero-order valence-electron chi connectivity index (χ0n) is 15.3. The quantitative estimate of drug-likeness (QED) is 0.550. The molecule has 0 aromatic rings. The number of nitrogens with one attached hydrogen (secondary N) is 2. The van der Waals surface area contributed by atoms with Crippen molar-refractivity contribution < 1.29 is 24.0 Å². The molecule has 5 rings (SSSR count). The van der Waals surface area contributed by atoms with Crippen LogP contribution in [0.4, 0.5) is 9.59 Å². The first-order valence-corrected chi connectivity index (χ1v) is 9.59. The van der Waals surface area contributed by atoms with Gasteiger partial charge in [0.1, 0.15) is 6.54 Å². The molecular formula is C18H24N4O5. The van der Waals surface area contributed by atoms with Crippen LogP contribution in [0.25, 0.3) is 0 Å². The van der Waals surface area contributed by atoms with Crippen molar-refractivity contribution in [3.63, 3.8) is 0 Å². The number of amides is 7. The zero-order chi connectivity index (χ0) is 19.3. The van der Waals surface area contributed by atoms with Crippen LogP contribution >= 0.6 is 0 Å². The molecule has 0 atom stereocenters. The topological polar surface area (TPSA) is 116 Å². The lowest BCUT2D eigenvalue weighted by atomic mass is 9.53. The Balaban J connectivity index is 1.34. The highest BCUT2D eigenvalue weighted by molar-refractivity contribution is 6.45. The van der Waals surface area contributed by atoms with Crippen molar-refractivity contribution in [1.29, 1.82) is 0 Å². The predicted molar refractivity (Wildman–Crippen MR) is 92.1 cm³/mol. The van der Waals surface area contributed by atoms with E-state index in [1.165, 1.54) is 19.3 Å². The number of likely N-dealkylation sites (N-methyl/N-ethyl adjacent to an activating group) is 1. The van der Waals surface area contributed by atoms with E-state index in [2.05, 4.69) is 10.6 Å². The number of hydrogen-bond acceptors (Lipinski definition) is 5. The fourth-order valence-electron chi connectivity index (χ4n) is 5.81. The highest BCUT2D eigenvalue weighted by Gasteiger charge is 2.51. The largest absolute Gasteiger partial charge is 0.334 e. The van der Waals surface area contributed by atoms with E-state index in [0.29, 0.717) is 22.7 Å². The molecule has 1 saturated heterocycles. The molecule has 5 aliphatic rings. The predicted octanol–water partition coefficient (Wildman–Crippen LogP) is 0.592. The number of nitrogens with zero attached hydrogens (tertiary/aromatic N) is 2. The van der Waals surface area contributed by atoms with Crippen molar-refractivity contribution in [3.05, 3.63) is 0 Å². The molecule has 1 aliphatic heterocycles. The Labute approximate surface area is 156 Å². The van der Waals surface area contributed by atoms with Gasteiger partial charge in [0.05, 0.1) is 0 Å². The monoisotopic (exact) mass is 376 g/mol. The molecule has 5 fully saturated rings. The maximum Gasteiger partial charge on any atom is 0.334 e. The summed E-state index contributed by atoms with van der Waals surface area (Å²) in [4.78, 5) is 61.4. The molecule has 27 heavy (non-hydrogen) atoms. The minimum Gasteiger partial charge on any atom is -0.332 e. The summed E-state index contributed by atoms with van der Waals surface area (Å²) >= 11 is 0. The van der Waals surface area contributed by atoms with E-state index in [1.807, 2.05) is 0 Å². The molecule has 2 N–H and O–H groups in total. The maximum atomic E-state index is 12.4. The van der Waals surface area contributed by atoms with Crippen molar-refractivity contribution in [3.8, 4) is 0 Å². The summed E-state index contributed by atoms with van der Waals surface area (Å²) in [5.74, 6) is -0.828. The van der Waals surface area contributed by atoms with E-state index < -0.39 is 36.3 Å². The molecule has 0 aromatic carbocycles. The molecule has 4 bridgehead atoms. The molecule has 0 aromatic heterocycles. The number of rotatable bonds is 4. The Morgan fingerprint density at radius 2 is 1.48 bits per heavy atom. The van der Waals surface area contributed by atoms with Gasteiger partial charge in [-0.15, -0.1) is 0 Å². The van der Waals surface area contributed by atoms with Crippen LogP contribution in [0.1, 0.15) is 45.4 Å². The fourth-order valence-corrected chi connectivity index (χ4v) is 5.81. The Bertz CT molecular complexity index is 698. The third-order valence-corrected chi connectivity index (χ3v) is 6.42. The van der Waals surface area contributed by atoms with Crippen LogP contribution in [0, 0.1) is 17.8 Å². The third-order valence-electron chi connectivity index (χ3n) is 6.42. The molecule has 9 heteroatoms. The molecule has 1 heterocycles. The molecule has 9 nitrogen and oxygen atoms in total. The summed E-state index contributed by atoms with van der Waals surface area (Å²) in [7, 11) is 0. The Hall–Kier alpha value is -2.45. The summed E-state index contributed by atoms with van der Waals surface area (Å²) in [5.41, 5.74) is -0.243. The molecule has 7 amide bonds. The van der Waals surface area contributed by atoms with Crippen molar-refractivity contribution in [2.75, 3.05) is 13.1 Å². The van der Waals surface area contributed by atoms with Gasteiger partial charge in [0.2, 0.25) is 5.91 Å². The van der Waals surface area contributed by atoms with Crippen molar-refractivity contribution in [1.82, 2.24) is 20.4 Å². The molecule has 0 spiro atoms. The van der Waals surface area contributed by atoms with Gasteiger partial charge in [-0.2, -0.15) is 0 Å². The van der Waals surface area contributed by atoms with Gasteiger partial charge in [-0.1, -0.05) is 0 Å². The maximum absolute atomic E-state index is 12.4. The SMILES string of the molecule is CCN1C(=O)C(=O)N(CC(=O)NC(=O)NC23CC4CC(CC(C4)C2)C3)C1=O. The lowest BCUT2D eigenvalue weighted by Crippen LogP contribution is -2.62. The first kappa shape index (κ1) is 17.9. The van der Waals surface area contributed by atoms with E-state index in [-0.39, 0.29) is 12.1 Å². The summed E-state index contributed by atoms with van der Waals surface area (Å²) in [6.45, 7) is 0.966. The first-order chi connectivity index (χ1) is 12.8. The number of imide groups is 3. The Morgan fingerprint density at radius 3 is 1.96 bits per heavy atom. The number of urea groups is 2. The molecule has 146 valence electrons. The molecule has 0 unspecified atom stereocenters. The average molecular weight is 376 g/mol. The summed E-state index contributed by atoms with van der Waals surface area (Å²) < 4.78 is 0. The smallest absolute Gasteiger partial charge is 0.332 e. The van der Waals surface area contributed by atoms with Gasteiger partial charge in [-0.25, -0.2) is 14.5 Å². The van der Waals surface area contributed by atoms with Crippen molar-refractivity contribution in [2.24, 2.45) is 17.8 Å². The van der Waals surface area contributed by atoms with Gasteiger partial charge in [0.25, 0.3) is 0 Å². The summed E-state index contributed by atoms with van der Waals surface area (Å²) in [6.07, 6.45) is 6.56. The van der Waals surface area contributed by atoms with E-state index >= 15 is 0 Å². The Morgan fingerprint density at radius 1 is 0.963 bits per heavy atom. The number of carbonyl (C=O) groups is 5. The van der Waals surface area contributed by atoms with Crippen LogP contribution in [-0.2, 0) is 14.4 Å². The second-order valence-corrected chi connectivity index (χ2v) is 8.42. The van der Waals surface area contributed by atoms with Gasteiger partial charge < -0.3 is 5.32 Å². The molecule has 0 radical (unpaired) electrons. The molecular weight excluding hydrogens is 352 g/mol. The minimum atomic E-state index is -1.04. The van der Waals surface area contributed by atoms with Crippen molar-refractivity contribution in [2.45, 2.75) is 51.0 Å². The van der Waals surface area contributed by atoms with Gasteiger partial charge in [0, 0.05) is 12.1 Å². The van der Waals surface area contributed by atoms with Crippen LogP contribution in [0.5, 0.6) is 0 Å². The molecule has 4 aliphatic carbocycles. The summed E-state index contributed by atoms with van der Waals surface area (Å²) in [6, 6.07) is -1.43. The van der Waals surface area contributed by atoms with Crippen LogP contribution in [0.2, 0.25) is 0 Å². The second-order valence-electron chi connectivity index (χ2n) is 8.42. The highest BCUT2D eigenvalue weighted by atomic mass is 16.2. The first-order valence-electron chi connectivity index (χ1n) is 9.59. The van der Waals surface area contributed by atoms with Crippen LogP contribution in [-0.4, -0.2) is 58.2 Å². The minimum absolute atomic E-state index is 0.0496. The van der Waals surface area contributed by atoms with E-state index in [1.54, 1.807) is 6.92 Å². The standard InChI is InChI=1S/C18H24N4O5/c1-2-21-14(24)15(25)22(17(21)27)9-13(23)19-16(26)20-18-6-10-3-11(7-18)5-12(4-10)8-18/h10-12H,2-9H2,1H3,(H2,19,20,23,26). The van der Waals surface area contributed by atoms with Crippen LogP contribution < -0.4 is 10.6 Å². The lowest BCUT2D eigenvalue weighted by Gasteiger charge is -2.56. The number of hydrogen-bond donors (Lipinski definition) is 2. The summed E-state index contributed by atoms with van der Waals surface area (Å²) in [5, 5.41) is 5.20. The second kappa shape index (κ2) is 6.31. The number of carbonyl (C=O) groups excluding carboxylic acids is 5. The van der Waals surface area contributed by atoms with Gasteiger partial charge in [-0.3, -0.25) is 24.6 Å². The zero-order valence-corrected chi connectivity index (χ0v) is 15.3. The van der Waals surface area contributed by atoms with Gasteiger partial charge in [-0.05, 0) is 63.2 Å². The van der Waals surface area contributed by atoms with E-state index in [9.17, 15) is 24.0 Å². The van der Waals surface area contributed by atoms with Crippen LogP contribution in [0.15, 0.2) is 0 Å². The van der Waals surface area contributed by atoms with Gasteiger partial charge >= 0.3 is 23.9 Å². The molecule has 4 saturated carbocycles. The fraction of sp³-hybridized carbons (Fsp3) is 0.722. The van der Waals surface area contributed by atoms with Gasteiger partial charge in [0.15, 0.2) is 0 Å². The average Bonchev–Trinajstić information content (AvgIpc) is 2.76. The highest BCUT2D eigenvalue weighted by Crippen LogP contribution is 2.55.